The van der Waals surface area contributed by atoms with Crippen molar-refractivity contribution < 1.29 is 147 Å². The molecule has 0 aliphatic heterocycles. The number of H-pyrrole nitrogens is 2. The summed E-state index contributed by atoms with van der Waals surface area (Å²) in [5.41, 5.74) is 7.86. The molecule has 37 nitrogen and oxygen atoms in total. The van der Waals surface area contributed by atoms with E-state index in [2.05, 4.69) is 75.4 Å². The summed E-state index contributed by atoms with van der Waals surface area (Å²) in [4.78, 5) is 90.5. The van der Waals surface area contributed by atoms with Crippen LogP contribution in [0.15, 0.2) is 303 Å². The number of nitrogens with one attached hydrogen (secondary N) is 6. The zero-order chi connectivity index (χ0) is 108. The number of nitriles is 1. The Morgan fingerprint density at radius 2 is 0.620 bits per heavy atom. The van der Waals surface area contributed by atoms with E-state index in [-0.39, 0.29) is 99.3 Å². The third kappa shape index (κ3) is 34.6. The number of aromatic nitrogens is 6. The highest BCUT2D eigenvalue weighted by Crippen LogP contribution is 2.40. The van der Waals surface area contributed by atoms with Gasteiger partial charge in [0.15, 0.2) is 80.6 Å². The Morgan fingerprint density at radius 1 is 0.327 bits per heavy atom. The monoisotopic (exact) mass is 2070 g/mol. The number of nitrogens with two attached hydrogens (primary N) is 1. The topological polar surface area (TPSA) is 511 Å². The number of phenols is 4. The Hall–Kier alpha value is -19.5. The standard InChI is InChI=1S/C25H22F2N4O4.C18H16F2N4O4.C16H16O4.C15H16N2O3.C15H14O4.C10H8F2N2O2.C8H8O4/c1-33-22-18(11-7-13-20(22)34-15-16-8-3-2-4-9-16)23-29-21(30-31-23)14-28-24(32)17-10-5-6-12-19(17)35-25(26)27;1-27-15-11(6-4-7-12(15)25)16-22-14(23-24-16)9-21-17(26)10-5-2-3-8-13(10)28-18(19)20;1-18-15-13(16(17)19-2)9-6-10-14(15)20-11-12-7-4-3-5-8-12;1-19-14-12(15(18)17-16)8-5-9-13(14)20-10-11-6-3-2-4-7-11;1-18-15(17)12-8-5-9-13(14(12)16)19-10-11-6-3-2-4-7-11;11-10(12)16-8-4-2-1-3-7(8)9(15)14-6-5-13;1-12-8(11)5-3-2-4-6(9)7(5)10/h2-13,25H,14-15H2,1H3,(H,28,32)(H,29,30,31);2-8,18,25H,9H2,1H3,(H,21,26)(H,22,23,24);3-10H,11H2,1-2H3;2-9H,10,16H2,1H3,(H,17,18);2-9,16H,10H2,1H3;1-4,10H,6H2,(H,14,15);2-4,9-10H,1H3. The summed E-state index contributed by atoms with van der Waals surface area (Å²) in [6, 6.07) is 86.7. The van der Waals surface area contributed by atoms with Gasteiger partial charge < -0.3 is 103 Å². The average Bonchev–Trinajstić information content (AvgIpc) is 1.64. The molecule has 0 radical (unpaired) electrons. The summed E-state index contributed by atoms with van der Waals surface area (Å²) >= 11 is 0. The number of esters is 3. The largest absolute Gasteiger partial charge is 0.504 e. The molecule has 0 aliphatic carbocycles. The van der Waals surface area contributed by atoms with E-state index in [4.69, 9.17) is 63.9 Å². The molecular formula is C107H100F6N12O25. The summed E-state index contributed by atoms with van der Waals surface area (Å²) in [5, 5.41) is 67.3. The number of para-hydroxylation sites is 9. The molecule has 4 amide bonds. The van der Waals surface area contributed by atoms with Crippen LogP contribution >= 0.6 is 0 Å². The van der Waals surface area contributed by atoms with Crippen molar-refractivity contribution in [3.05, 3.63) is 376 Å². The van der Waals surface area contributed by atoms with Crippen molar-refractivity contribution in [3.63, 3.8) is 0 Å². The Labute approximate surface area is 853 Å². The number of nitrogen functional groups attached to an aromatic ring is 1. The van der Waals surface area contributed by atoms with Crippen molar-refractivity contribution in [1.29, 1.82) is 5.26 Å². The number of alkyl halides is 6. The first kappa shape index (κ1) is 114. The van der Waals surface area contributed by atoms with Crippen LogP contribution in [0.1, 0.15) is 106 Å². The fourth-order valence-electron chi connectivity index (χ4n) is 13.1. The SMILES string of the molecule is COC(=O)c1cccc(O)c1O.COC(=O)c1cccc(OCc2ccccc2)c1O.COC(=O)c1cccc(OCc2ccccc2)c1OC.COc1c(O)cccc1-c1n[nH]c(CNC(=O)c2ccccc2OC(F)F)n1.COc1c(OCc2ccccc2)cccc1-c1n[nH]c(CNC(=O)c2ccccc2OC(F)F)n1.COc1c(OCc2ccccc2)cccc1C(=O)NN.N#CCNC(=O)c1ccccc1OC(F)F. The van der Waals surface area contributed by atoms with E-state index in [1.54, 1.807) is 91.0 Å². The highest BCUT2D eigenvalue weighted by molar-refractivity contribution is 6.00. The number of nitrogens with zero attached hydrogens (tertiary/aromatic N) is 5. The van der Waals surface area contributed by atoms with Crippen LogP contribution in [0.3, 0.4) is 0 Å². The lowest BCUT2D eigenvalue weighted by molar-refractivity contribution is -0.0509. The van der Waals surface area contributed by atoms with Crippen molar-refractivity contribution in [1.82, 2.24) is 51.7 Å². The van der Waals surface area contributed by atoms with Gasteiger partial charge >= 0.3 is 37.7 Å². The number of ether oxygens (including phenoxy) is 14. The molecule has 0 fully saturated rings. The van der Waals surface area contributed by atoms with Crippen LogP contribution in [-0.2, 0) is 53.7 Å². The van der Waals surface area contributed by atoms with Crippen LogP contribution in [0.25, 0.3) is 22.8 Å². The van der Waals surface area contributed by atoms with E-state index < -0.39 is 67.1 Å². The molecule has 0 spiro atoms. The Balaban J connectivity index is 0.000000199. The minimum atomic E-state index is -3.04. The number of halogens is 6. The quantitative estimate of drug-likeness (QED) is 0.00254. The fourth-order valence-corrected chi connectivity index (χ4v) is 13.1. The fraction of sp³-hybridized carbons (Fsp3) is 0.159. The molecule has 2 aromatic heterocycles. The van der Waals surface area contributed by atoms with Gasteiger partial charge in [-0.1, -0.05) is 194 Å². The number of amides is 4. The molecule has 0 saturated carbocycles. The molecule has 2 heterocycles. The summed E-state index contributed by atoms with van der Waals surface area (Å²) in [7, 11) is 9.71. The molecule has 12 N–H and O–H groups in total. The first-order valence-corrected chi connectivity index (χ1v) is 44.4. The number of hydrogen-bond acceptors (Lipinski definition) is 31. The van der Waals surface area contributed by atoms with Gasteiger partial charge in [0.1, 0.15) is 78.6 Å². The van der Waals surface area contributed by atoms with Crippen molar-refractivity contribution in [2.45, 2.75) is 59.4 Å². The number of hydrogen-bond donors (Lipinski definition) is 11. The molecule has 0 unspecified atom stereocenters. The summed E-state index contributed by atoms with van der Waals surface area (Å²) in [6.45, 7) is -7.83. The van der Waals surface area contributed by atoms with Gasteiger partial charge in [-0.25, -0.2) is 30.2 Å². The number of methoxy groups -OCH3 is 7. The Bertz CT molecular complexity index is 6840. The highest BCUT2D eigenvalue weighted by atomic mass is 19.3. The van der Waals surface area contributed by atoms with Crippen LogP contribution in [0.2, 0.25) is 0 Å². The number of aromatic amines is 2. The maximum atomic E-state index is 12.6. The molecule has 13 aromatic carbocycles. The second-order valence-corrected chi connectivity index (χ2v) is 29.8. The molecule has 15 rings (SSSR count). The van der Waals surface area contributed by atoms with Gasteiger partial charge in [0, 0.05) is 0 Å². The van der Waals surface area contributed by atoms with E-state index in [9.17, 15) is 70.1 Å². The predicted molar refractivity (Wildman–Crippen MR) is 531 cm³/mol. The summed E-state index contributed by atoms with van der Waals surface area (Å²) < 4.78 is 145. The predicted octanol–water partition coefficient (Wildman–Crippen LogP) is 17.4. The van der Waals surface area contributed by atoms with Gasteiger partial charge in [-0.15, -0.1) is 0 Å². The molecule has 15 aromatic rings. The van der Waals surface area contributed by atoms with E-state index in [0.717, 1.165) is 22.3 Å². The normalized spacial score (nSPS) is 10.2. The second-order valence-electron chi connectivity index (χ2n) is 29.8. The van der Waals surface area contributed by atoms with Crippen molar-refractivity contribution in [2.75, 3.05) is 56.3 Å². The second kappa shape index (κ2) is 60.1. The lowest BCUT2D eigenvalue weighted by Crippen LogP contribution is -2.30. The van der Waals surface area contributed by atoms with E-state index in [0.29, 0.717) is 101 Å². The molecule has 150 heavy (non-hydrogen) atoms. The molecule has 0 saturated heterocycles. The first-order valence-electron chi connectivity index (χ1n) is 44.4. The number of aromatic hydroxyl groups is 4. The van der Waals surface area contributed by atoms with Gasteiger partial charge in [-0.3, -0.25) is 34.8 Å². The minimum absolute atomic E-state index is 0.0125. The number of hydrazine groups is 1. The maximum absolute atomic E-state index is 12.6. The van der Waals surface area contributed by atoms with E-state index in [1.807, 2.05) is 121 Å². The third-order valence-corrected chi connectivity index (χ3v) is 20.1. The zero-order valence-corrected chi connectivity index (χ0v) is 81.0. The van der Waals surface area contributed by atoms with Crippen molar-refractivity contribution in [2.24, 2.45) is 5.84 Å². The summed E-state index contributed by atoms with van der Waals surface area (Å²) in [5.74, 6) is 3.99. The number of rotatable bonds is 36. The summed E-state index contributed by atoms with van der Waals surface area (Å²) in [6.07, 6.45) is 0. The van der Waals surface area contributed by atoms with Gasteiger partial charge in [-0.2, -0.15) is 41.8 Å². The molecular weight excluding hydrogens is 1970 g/mol. The van der Waals surface area contributed by atoms with Crippen molar-refractivity contribution >= 4 is 41.5 Å². The number of carbonyl (C=O) groups is 7. The van der Waals surface area contributed by atoms with Crippen LogP contribution in [-0.4, -0.2) is 168 Å². The van der Waals surface area contributed by atoms with Crippen LogP contribution in [0.4, 0.5) is 26.3 Å². The number of carbonyl (C=O) groups excluding carboxylic acids is 7. The average molecular weight is 2070 g/mol. The first-order chi connectivity index (χ1) is 72.6. The molecule has 0 atom stereocenters. The number of benzene rings is 13. The van der Waals surface area contributed by atoms with Gasteiger partial charge in [0.05, 0.1) is 102 Å². The molecule has 0 bridgehead atoms. The van der Waals surface area contributed by atoms with E-state index >= 15 is 0 Å². The lowest BCUT2D eigenvalue weighted by atomic mass is 10.1. The Morgan fingerprint density at radius 3 is 1.00 bits per heavy atom. The Kier molecular flexibility index (Phi) is 45.7. The van der Waals surface area contributed by atoms with Crippen LogP contribution < -0.4 is 79.3 Å². The van der Waals surface area contributed by atoms with Gasteiger partial charge in [-0.05, 0) is 131 Å². The lowest BCUT2D eigenvalue weighted by Gasteiger charge is -2.13. The third-order valence-electron chi connectivity index (χ3n) is 20.1. The molecule has 0 aliphatic rings. The molecule has 780 valence electrons. The van der Waals surface area contributed by atoms with Gasteiger partial charge in [0.25, 0.3) is 23.6 Å². The minimum Gasteiger partial charge on any atom is -0.504 e. The molecule has 43 heteroatoms. The smallest absolute Gasteiger partial charge is 0.387 e. The maximum Gasteiger partial charge on any atom is 0.387 e. The zero-order valence-electron chi connectivity index (χ0n) is 81.0. The van der Waals surface area contributed by atoms with Crippen LogP contribution in [0, 0.1) is 11.3 Å². The number of phenolic OH excluding ortho intramolecular Hbond substituents is 4. The highest BCUT2D eigenvalue weighted by Gasteiger charge is 2.26. The van der Waals surface area contributed by atoms with Crippen molar-refractivity contribution in [3.8, 4) is 115 Å². The van der Waals surface area contributed by atoms with Crippen LogP contribution in [0.5, 0.6) is 86.2 Å². The van der Waals surface area contributed by atoms with Gasteiger partial charge in [0.2, 0.25) is 0 Å². The van der Waals surface area contributed by atoms with E-state index in [1.165, 1.54) is 147 Å².